The van der Waals surface area contributed by atoms with Gasteiger partial charge in [-0.2, -0.15) is 0 Å². The van der Waals surface area contributed by atoms with E-state index in [1.54, 1.807) is 0 Å². The van der Waals surface area contributed by atoms with Gasteiger partial charge in [-0.3, -0.25) is 4.79 Å². The average Bonchev–Trinajstić information content (AvgIpc) is 2.58. The minimum Gasteiger partial charge on any atom is -0.310 e. The van der Waals surface area contributed by atoms with Gasteiger partial charge >= 0.3 is 0 Å². The first-order valence-electron chi connectivity index (χ1n) is 5.81. The molecule has 5 nitrogen and oxygen atoms in total. The molecule has 1 aliphatic heterocycles. The van der Waals surface area contributed by atoms with Gasteiger partial charge < -0.3 is 4.98 Å². The fourth-order valence-electron chi connectivity index (χ4n) is 2.12. The first kappa shape index (κ1) is 12.3. The van der Waals surface area contributed by atoms with Crippen LogP contribution >= 0.6 is 0 Å². The zero-order valence-corrected chi connectivity index (χ0v) is 10.6. The zero-order chi connectivity index (χ0) is 12.5. The highest BCUT2D eigenvalue weighted by Gasteiger charge is 2.30. The molecule has 0 bridgehead atoms. The van der Waals surface area contributed by atoms with Gasteiger partial charge in [-0.15, -0.1) is 0 Å². The molecule has 1 aromatic heterocycles. The minimum atomic E-state index is -2.94. The fraction of sp³-hybridized carbons (Fsp3) is 0.636. The van der Waals surface area contributed by atoms with E-state index in [9.17, 15) is 13.2 Å². The molecular weight excluding hydrogens is 240 g/mol. The van der Waals surface area contributed by atoms with E-state index in [0.29, 0.717) is 12.2 Å². The normalized spacial score (nSPS) is 22.8. The lowest BCUT2D eigenvalue weighted by Gasteiger charge is -2.08. The molecule has 1 unspecified atom stereocenters. The van der Waals surface area contributed by atoms with Crippen molar-refractivity contribution in [2.24, 2.45) is 0 Å². The van der Waals surface area contributed by atoms with E-state index in [-0.39, 0.29) is 23.0 Å². The van der Waals surface area contributed by atoms with Crippen LogP contribution < -0.4 is 5.56 Å². The molecule has 1 saturated heterocycles. The molecule has 2 rings (SSSR count). The van der Waals surface area contributed by atoms with Crippen LogP contribution in [0, 0.1) is 0 Å². The predicted molar refractivity (Wildman–Crippen MR) is 64.9 cm³/mol. The number of hydrogen-bond donors (Lipinski definition) is 1. The monoisotopic (exact) mass is 256 g/mol. The maximum atomic E-state index is 11.5. The van der Waals surface area contributed by atoms with Crippen LogP contribution in [-0.2, 0) is 16.3 Å². The lowest BCUT2D eigenvalue weighted by atomic mass is 10.1. The fourth-order valence-corrected chi connectivity index (χ4v) is 3.86. The Morgan fingerprint density at radius 2 is 2.29 bits per heavy atom. The number of sulfone groups is 1. The smallest absolute Gasteiger partial charge is 0.251 e. The molecule has 1 aromatic rings. The third-order valence-electron chi connectivity index (χ3n) is 2.94. The van der Waals surface area contributed by atoms with Crippen LogP contribution in [-0.4, -0.2) is 29.9 Å². The van der Waals surface area contributed by atoms with E-state index in [2.05, 4.69) is 9.97 Å². The quantitative estimate of drug-likeness (QED) is 0.860. The van der Waals surface area contributed by atoms with Gasteiger partial charge in [-0.25, -0.2) is 13.4 Å². The highest BCUT2D eigenvalue weighted by Crippen LogP contribution is 2.25. The Morgan fingerprint density at radius 3 is 2.88 bits per heavy atom. The number of rotatable bonds is 3. The van der Waals surface area contributed by atoms with Crippen molar-refractivity contribution in [2.45, 2.75) is 32.1 Å². The SMILES string of the molecule is CCCc1cc(=O)[nH]c(C2CCS(=O)(=O)C2)n1. The summed E-state index contributed by atoms with van der Waals surface area (Å²) in [6.45, 7) is 2.02. The number of nitrogens with one attached hydrogen (secondary N) is 1. The first-order valence-corrected chi connectivity index (χ1v) is 7.63. The Labute approximate surface area is 100 Å². The summed E-state index contributed by atoms with van der Waals surface area (Å²) in [5.74, 6) is 0.678. The second kappa shape index (κ2) is 4.60. The van der Waals surface area contributed by atoms with Gasteiger partial charge in [0.1, 0.15) is 5.82 Å². The lowest BCUT2D eigenvalue weighted by Crippen LogP contribution is -2.16. The van der Waals surface area contributed by atoms with Crippen molar-refractivity contribution in [3.8, 4) is 0 Å². The van der Waals surface area contributed by atoms with Gasteiger partial charge in [-0.1, -0.05) is 13.3 Å². The number of nitrogens with zero attached hydrogens (tertiary/aromatic N) is 1. The van der Waals surface area contributed by atoms with Crippen LogP contribution in [0.3, 0.4) is 0 Å². The highest BCUT2D eigenvalue weighted by atomic mass is 32.2. The molecule has 1 N–H and O–H groups in total. The van der Waals surface area contributed by atoms with Crippen LogP contribution in [0.15, 0.2) is 10.9 Å². The van der Waals surface area contributed by atoms with Gasteiger partial charge in [0.25, 0.3) is 5.56 Å². The lowest BCUT2D eigenvalue weighted by molar-refractivity contribution is 0.601. The van der Waals surface area contributed by atoms with Crippen LogP contribution in [0.1, 0.15) is 37.2 Å². The van der Waals surface area contributed by atoms with Gasteiger partial charge in [-0.05, 0) is 12.8 Å². The van der Waals surface area contributed by atoms with Crippen molar-refractivity contribution in [3.63, 3.8) is 0 Å². The number of hydrogen-bond acceptors (Lipinski definition) is 4. The summed E-state index contributed by atoms with van der Waals surface area (Å²) in [5.41, 5.74) is 0.554. The van der Waals surface area contributed by atoms with Crippen molar-refractivity contribution in [1.82, 2.24) is 9.97 Å². The zero-order valence-electron chi connectivity index (χ0n) is 9.77. The second-order valence-electron chi connectivity index (χ2n) is 4.47. The van der Waals surface area contributed by atoms with E-state index in [4.69, 9.17) is 0 Å². The molecule has 0 aliphatic carbocycles. The van der Waals surface area contributed by atoms with Gasteiger partial charge in [0, 0.05) is 17.7 Å². The molecule has 1 atom stereocenters. The third kappa shape index (κ3) is 2.94. The van der Waals surface area contributed by atoms with E-state index >= 15 is 0 Å². The summed E-state index contributed by atoms with van der Waals surface area (Å²) in [6, 6.07) is 1.48. The van der Waals surface area contributed by atoms with Gasteiger partial charge in [0.05, 0.1) is 11.5 Å². The van der Waals surface area contributed by atoms with Crippen molar-refractivity contribution in [1.29, 1.82) is 0 Å². The Bertz CT molecular complexity index is 562. The molecule has 0 radical (unpaired) electrons. The number of aryl methyl sites for hydroxylation is 1. The summed E-state index contributed by atoms with van der Waals surface area (Å²) in [7, 11) is -2.94. The van der Waals surface area contributed by atoms with Crippen molar-refractivity contribution >= 4 is 9.84 Å². The molecule has 17 heavy (non-hydrogen) atoms. The molecule has 0 amide bonds. The predicted octanol–water partition coefficient (Wildman–Crippen LogP) is 0.625. The van der Waals surface area contributed by atoms with Crippen LogP contribution in [0.2, 0.25) is 0 Å². The van der Waals surface area contributed by atoms with Crippen LogP contribution in [0.4, 0.5) is 0 Å². The highest BCUT2D eigenvalue weighted by molar-refractivity contribution is 7.91. The van der Waals surface area contributed by atoms with Crippen molar-refractivity contribution < 1.29 is 8.42 Å². The van der Waals surface area contributed by atoms with Gasteiger partial charge in [0.15, 0.2) is 9.84 Å². The van der Waals surface area contributed by atoms with E-state index < -0.39 is 9.84 Å². The summed E-state index contributed by atoms with van der Waals surface area (Å²) in [6.07, 6.45) is 2.22. The molecular formula is C11H16N2O3S. The van der Waals surface area contributed by atoms with Crippen molar-refractivity contribution in [2.75, 3.05) is 11.5 Å². The maximum absolute atomic E-state index is 11.5. The van der Waals surface area contributed by atoms with Crippen molar-refractivity contribution in [3.05, 3.63) is 27.9 Å². The molecule has 2 heterocycles. The topological polar surface area (TPSA) is 79.9 Å². The summed E-state index contributed by atoms with van der Waals surface area (Å²) < 4.78 is 22.8. The van der Waals surface area contributed by atoms with E-state index in [1.807, 2.05) is 6.92 Å². The molecule has 6 heteroatoms. The molecule has 1 aliphatic rings. The summed E-state index contributed by atoms with van der Waals surface area (Å²) in [4.78, 5) is 18.5. The largest absolute Gasteiger partial charge is 0.310 e. The first-order chi connectivity index (χ1) is 8.00. The Hall–Kier alpha value is -1.17. The number of H-pyrrole nitrogens is 1. The standard InChI is InChI=1S/C11H16N2O3S/c1-2-3-9-6-10(14)13-11(12-9)8-4-5-17(15,16)7-8/h6,8H,2-5,7H2,1H3,(H,12,13,14). The molecule has 94 valence electrons. The summed E-state index contributed by atoms with van der Waals surface area (Å²) >= 11 is 0. The minimum absolute atomic E-state index is 0.103. The van der Waals surface area contributed by atoms with Gasteiger partial charge in [0.2, 0.25) is 0 Å². The Balaban J connectivity index is 2.30. The van der Waals surface area contributed by atoms with E-state index in [0.717, 1.165) is 18.5 Å². The van der Waals surface area contributed by atoms with Crippen LogP contribution in [0.5, 0.6) is 0 Å². The Kier molecular flexibility index (Phi) is 3.33. The van der Waals surface area contributed by atoms with Crippen LogP contribution in [0.25, 0.3) is 0 Å². The second-order valence-corrected chi connectivity index (χ2v) is 6.70. The number of aromatic amines is 1. The molecule has 1 fully saturated rings. The maximum Gasteiger partial charge on any atom is 0.251 e. The average molecular weight is 256 g/mol. The van der Waals surface area contributed by atoms with E-state index in [1.165, 1.54) is 6.07 Å². The molecule has 0 aromatic carbocycles. The molecule has 0 saturated carbocycles. The Morgan fingerprint density at radius 1 is 1.53 bits per heavy atom. The molecule has 0 spiro atoms. The number of aromatic nitrogens is 2. The third-order valence-corrected chi connectivity index (χ3v) is 4.71. The summed E-state index contributed by atoms with van der Waals surface area (Å²) in [5, 5.41) is 0.